The fourth-order valence-corrected chi connectivity index (χ4v) is 5.20. The van der Waals surface area contributed by atoms with Crippen molar-refractivity contribution in [2.24, 2.45) is 0 Å². The van der Waals surface area contributed by atoms with E-state index in [2.05, 4.69) is 5.32 Å². The molecule has 7 nitrogen and oxygen atoms in total. The van der Waals surface area contributed by atoms with Gasteiger partial charge in [-0.25, -0.2) is 12.8 Å². The molecule has 1 atom stereocenters. The van der Waals surface area contributed by atoms with Gasteiger partial charge >= 0.3 is 0 Å². The number of sulfonamides is 1. The Kier molecular flexibility index (Phi) is 6.27. The van der Waals surface area contributed by atoms with Crippen LogP contribution in [0, 0.1) is 5.82 Å². The van der Waals surface area contributed by atoms with Gasteiger partial charge in [-0.05, 0) is 54.8 Å². The number of nitrogens with one attached hydrogen (secondary N) is 1. The molecule has 166 valence electrons. The lowest BCUT2D eigenvalue weighted by atomic mass is 10.0. The van der Waals surface area contributed by atoms with Gasteiger partial charge in [0.25, 0.3) is 0 Å². The zero-order valence-electron chi connectivity index (χ0n) is 17.3. The molecule has 31 heavy (non-hydrogen) atoms. The van der Waals surface area contributed by atoms with Crippen LogP contribution in [0.1, 0.15) is 24.4 Å². The maximum absolute atomic E-state index is 13.4. The highest BCUT2D eigenvalue weighted by Gasteiger charge is 2.36. The van der Waals surface area contributed by atoms with Gasteiger partial charge in [0.1, 0.15) is 17.6 Å². The molecule has 1 aliphatic carbocycles. The molecule has 0 bridgehead atoms. The van der Waals surface area contributed by atoms with Gasteiger partial charge in [0.2, 0.25) is 15.9 Å². The predicted molar refractivity (Wildman–Crippen MR) is 114 cm³/mol. The third-order valence-corrected chi connectivity index (χ3v) is 7.61. The van der Waals surface area contributed by atoms with Crippen molar-refractivity contribution in [3.05, 3.63) is 59.9 Å². The van der Waals surface area contributed by atoms with Gasteiger partial charge in [-0.1, -0.05) is 12.1 Å². The van der Waals surface area contributed by atoms with E-state index in [1.807, 2.05) is 4.90 Å². The topological polar surface area (TPSA) is 79.0 Å². The van der Waals surface area contributed by atoms with Crippen molar-refractivity contribution >= 4 is 15.9 Å². The molecule has 2 aliphatic rings. The second kappa shape index (κ2) is 8.94. The smallest absolute Gasteiger partial charge is 0.243 e. The molecule has 1 saturated carbocycles. The molecular weight excluding hydrogens is 421 g/mol. The van der Waals surface area contributed by atoms with E-state index in [1.165, 1.54) is 35.7 Å². The summed E-state index contributed by atoms with van der Waals surface area (Å²) in [5.41, 5.74) is 0.700. The summed E-state index contributed by atoms with van der Waals surface area (Å²) in [4.78, 5) is 15.1. The predicted octanol–water partition coefficient (Wildman–Crippen LogP) is 2.16. The molecule has 0 unspecified atom stereocenters. The highest BCUT2D eigenvalue weighted by atomic mass is 32.2. The molecular formula is C22H26FN3O4S. The van der Waals surface area contributed by atoms with Crippen LogP contribution in [0.15, 0.2) is 53.4 Å². The Morgan fingerprint density at radius 1 is 1.03 bits per heavy atom. The van der Waals surface area contributed by atoms with Crippen LogP contribution in [0.5, 0.6) is 5.75 Å². The first-order valence-corrected chi connectivity index (χ1v) is 11.8. The second-order valence-electron chi connectivity index (χ2n) is 7.85. The number of benzene rings is 2. The average molecular weight is 448 g/mol. The number of halogens is 1. The second-order valence-corrected chi connectivity index (χ2v) is 9.79. The van der Waals surface area contributed by atoms with E-state index in [-0.39, 0.29) is 35.8 Å². The van der Waals surface area contributed by atoms with Gasteiger partial charge < -0.3 is 10.1 Å². The number of hydrogen-bond acceptors (Lipinski definition) is 5. The third-order valence-electron chi connectivity index (χ3n) is 5.69. The quantitative estimate of drug-likeness (QED) is 0.704. The first kappa shape index (κ1) is 21.7. The van der Waals surface area contributed by atoms with Gasteiger partial charge in [0, 0.05) is 32.2 Å². The maximum Gasteiger partial charge on any atom is 0.243 e. The standard InChI is InChI=1S/C22H26FN3O4S/c1-30-19-8-10-20(11-9-19)31(28,29)26-14-12-25(13-15-26)21(22(27)24-18-6-7-18)16-2-4-17(23)5-3-16/h2-5,8-11,18,21H,6-7,12-15H2,1H3,(H,24,27)/t21-/m0/s1. The maximum atomic E-state index is 13.4. The molecule has 1 heterocycles. The summed E-state index contributed by atoms with van der Waals surface area (Å²) < 4.78 is 45.9. The minimum absolute atomic E-state index is 0.124. The molecule has 1 amide bonds. The van der Waals surface area contributed by atoms with Gasteiger partial charge in [-0.2, -0.15) is 4.31 Å². The van der Waals surface area contributed by atoms with Crippen LogP contribution >= 0.6 is 0 Å². The number of ether oxygens (including phenoxy) is 1. The van der Waals surface area contributed by atoms with Crippen LogP contribution in [0.4, 0.5) is 4.39 Å². The lowest BCUT2D eigenvalue weighted by Gasteiger charge is -2.38. The van der Waals surface area contributed by atoms with E-state index < -0.39 is 16.1 Å². The Morgan fingerprint density at radius 3 is 2.19 bits per heavy atom. The summed E-state index contributed by atoms with van der Waals surface area (Å²) in [5.74, 6) is 0.105. The van der Waals surface area contributed by atoms with Crippen molar-refractivity contribution in [2.45, 2.75) is 29.8 Å². The molecule has 2 aromatic carbocycles. The van der Waals surface area contributed by atoms with Crippen LogP contribution in [0.3, 0.4) is 0 Å². The van der Waals surface area contributed by atoms with Crippen LogP contribution in [0.25, 0.3) is 0 Å². The molecule has 9 heteroatoms. The van der Waals surface area contributed by atoms with E-state index in [0.29, 0.717) is 24.4 Å². The third kappa shape index (κ3) is 4.89. The summed E-state index contributed by atoms with van der Waals surface area (Å²) >= 11 is 0. The van der Waals surface area contributed by atoms with Crippen molar-refractivity contribution in [2.75, 3.05) is 33.3 Å². The summed E-state index contributed by atoms with van der Waals surface area (Å²) in [6, 6.07) is 11.9. The van der Waals surface area contributed by atoms with Crippen molar-refractivity contribution < 1.29 is 22.3 Å². The molecule has 1 aliphatic heterocycles. The molecule has 0 aromatic heterocycles. The highest BCUT2D eigenvalue weighted by molar-refractivity contribution is 7.89. The van der Waals surface area contributed by atoms with Gasteiger partial charge in [0.05, 0.1) is 12.0 Å². The summed E-state index contributed by atoms with van der Waals surface area (Å²) in [6.45, 7) is 1.33. The number of nitrogens with zero attached hydrogens (tertiary/aromatic N) is 2. The number of piperazine rings is 1. The fraction of sp³-hybridized carbons (Fsp3) is 0.409. The summed E-state index contributed by atoms with van der Waals surface area (Å²) in [6.07, 6.45) is 1.94. The Hall–Kier alpha value is -2.49. The molecule has 0 radical (unpaired) electrons. The average Bonchev–Trinajstić information content (AvgIpc) is 3.59. The highest BCUT2D eigenvalue weighted by Crippen LogP contribution is 2.28. The zero-order valence-corrected chi connectivity index (χ0v) is 18.1. The number of carbonyl (C=O) groups excluding carboxylic acids is 1. The van der Waals surface area contributed by atoms with E-state index in [4.69, 9.17) is 4.74 Å². The van der Waals surface area contributed by atoms with E-state index in [9.17, 15) is 17.6 Å². The largest absolute Gasteiger partial charge is 0.497 e. The monoisotopic (exact) mass is 447 g/mol. The summed E-state index contributed by atoms with van der Waals surface area (Å²) in [7, 11) is -2.11. The molecule has 2 aromatic rings. The minimum Gasteiger partial charge on any atom is -0.497 e. The molecule has 1 N–H and O–H groups in total. The van der Waals surface area contributed by atoms with Crippen LogP contribution in [-0.4, -0.2) is 62.9 Å². The van der Waals surface area contributed by atoms with Crippen LogP contribution in [-0.2, 0) is 14.8 Å². The lowest BCUT2D eigenvalue weighted by Crippen LogP contribution is -2.52. The molecule has 0 spiro atoms. The van der Waals surface area contributed by atoms with Crippen molar-refractivity contribution in [1.82, 2.24) is 14.5 Å². The first-order valence-electron chi connectivity index (χ1n) is 10.3. The number of hydrogen-bond donors (Lipinski definition) is 1. The number of methoxy groups -OCH3 is 1. The van der Waals surface area contributed by atoms with E-state index in [1.54, 1.807) is 24.3 Å². The van der Waals surface area contributed by atoms with Gasteiger partial charge in [-0.3, -0.25) is 9.69 Å². The van der Waals surface area contributed by atoms with E-state index >= 15 is 0 Å². The SMILES string of the molecule is COc1ccc(S(=O)(=O)N2CCN([C@H](C(=O)NC3CC3)c3ccc(F)cc3)CC2)cc1. The first-order chi connectivity index (χ1) is 14.9. The van der Waals surface area contributed by atoms with E-state index in [0.717, 1.165) is 12.8 Å². The Labute approximate surface area is 181 Å². The van der Waals surface area contributed by atoms with Gasteiger partial charge in [-0.15, -0.1) is 0 Å². The van der Waals surface area contributed by atoms with Crippen LogP contribution < -0.4 is 10.1 Å². The molecule has 2 fully saturated rings. The van der Waals surface area contributed by atoms with Gasteiger partial charge in [0.15, 0.2) is 0 Å². The minimum atomic E-state index is -3.63. The lowest BCUT2D eigenvalue weighted by molar-refractivity contribution is -0.127. The number of carbonyl (C=O) groups is 1. The van der Waals surface area contributed by atoms with Crippen molar-refractivity contribution in [1.29, 1.82) is 0 Å². The molecule has 1 saturated heterocycles. The zero-order chi connectivity index (χ0) is 22.0. The molecule has 4 rings (SSSR count). The number of amides is 1. The Balaban J connectivity index is 1.48. The Bertz CT molecular complexity index is 1020. The van der Waals surface area contributed by atoms with Crippen molar-refractivity contribution in [3.63, 3.8) is 0 Å². The number of rotatable bonds is 7. The fourth-order valence-electron chi connectivity index (χ4n) is 3.78. The van der Waals surface area contributed by atoms with Crippen LogP contribution in [0.2, 0.25) is 0 Å². The normalized spacial score (nSPS) is 19.0. The summed E-state index contributed by atoms with van der Waals surface area (Å²) in [5, 5.41) is 3.02. The van der Waals surface area contributed by atoms with Crippen molar-refractivity contribution in [3.8, 4) is 5.75 Å². The Morgan fingerprint density at radius 2 is 1.65 bits per heavy atom.